The number of rotatable bonds is 3. The van der Waals surface area contributed by atoms with E-state index < -0.39 is 6.10 Å². The van der Waals surface area contributed by atoms with E-state index in [4.69, 9.17) is 0 Å². The van der Waals surface area contributed by atoms with Crippen molar-refractivity contribution < 1.29 is 5.11 Å². The highest BCUT2D eigenvalue weighted by Gasteiger charge is 2.11. The molecule has 0 unspecified atom stereocenters. The van der Waals surface area contributed by atoms with E-state index in [2.05, 4.69) is 24.9 Å². The van der Waals surface area contributed by atoms with Crippen LogP contribution in [0.3, 0.4) is 0 Å². The lowest BCUT2D eigenvalue weighted by Gasteiger charge is -2.15. The Morgan fingerprint density at radius 1 is 1.18 bits per heavy atom. The van der Waals surface area contributed by atoms with Crippen LogP contribution >= 0.6 is 0 Å². The van der Waals surface area contributed by atoms with Crippen LogP contribution in [-0.2, 0) is 6.42 Å². The first-order valence-corrected chi connectivity index (χ1v) is 5.81. The Kier molecular flexibility index (Phi) is 3.55. The van der Waals surface area contributed by atoms with Crippen molar-refractivity contribution in [1.29, 1.82) is 0 Å². The molecule has 1 heterocycles. The number of aromatic nitrogens is 1. The second-order valence-electron chi connectivity index (χ2n) is 4.37. The zero-order valence-corrected chi connectivity index (χ0v) is 10.2. The highest BCUT2D eigenvalue weighted by molar-refractivity contribution is 5.35. The van der Waals surface area contributed by atoms with Crippen LogP contribution in [0.5, 0.6) is 0 Å². The van der Waals surface area contributed by atoms with Gasteiger partial charge in [-0.05, 0) is 42.2 Å². The molecule has 0 amide bonds. The summed E-state index contributed by atoms with van der Waals surface area (Å²) in [6, 6.07) is 9.93. The minimum absolute atomic E-state index is 0.459. The normalized spacial score (nSPS) is 12.4. The van der Waals surface area contributed by atoms with Crippen LogP contribution in [0.4, 0.5) is 0 Å². The first kappa shape index (κ1) is 11.8. The summed E-state index contributed by atoms with van der Waals surface area (Å²) in [5.74, 6) is 0. The second-order valence-corrected chi connectivity index (χ2v) is 4.37. The molecule has 0 saturated heterocycles. The molecular weight excluding hydrogens is 210 g/mol. The van der Waals surface area contributed by atoms with Gasteiger partial charge in [0, 0.05) is 18.8 Å². The van der Waals surface area contributed by atoms with Crippen LogP contribution in [0.2, 0.25) is 0 Å². The van der Waals surface area contributed by atoms with E-state index in [1.54, 1.807) is 12.4 Å². The van der Waals surface area contributed by atoms with Gasteiger partial charge in [0.25, 0.3) is 0 Å². The van der Waals surface area contributed by atoms with Crippen molar-refractivity contribution in [1.82, 2.24) is 4.98 Å². The van der Waals surface area contributed by atoms with Crippen molar-refractivity contribution in [2.45, 2.75) is 26.4 Å². The maximum Gasteiger partial charge on any atom is 0.0833 e. The summed E-state index contributed by atoms with van der Waals surface area (Å²) in [4.78, 5) is 4.06. The van der Waals surface area contributed by atoms with Crippen molar-refractivity contribution in [2.75, 3.05) is 0 Å². The van der Waals surface area contributed by atoms with E-state index in [1.165, 1.54) is 11.1 Å². The Morgan fingerprint density at radius 2 is 2.00 bits per heavy atom. The average Bonchev–Trinajstić information content (AvgIpc) is 2.34. The molecule has 2 aromatic rings. The third-order valence-corrected chi connectivity index (χ3v) is 3.16. The van der Waals surface area contributed by atoms with E-state index >= 15 is 0 Å². The van der Waals surface area contributed by atoms with Gasteiger partial charge in [0.1, 0.15) is 0 Å². The zero-order valence-electron chi connectivity index (χ0n) is 10.2. The monoisotopic (exact) mass is 227 g/mol. The van der Waals surface area contributed by atoms with Crippen molar-refractivity contribution in [3.63, 3.8) is 0 Å². The van der Waals surface area contributed by atoms with Gasteiger partial charge in [-0.15, -0.1) is 0 Å². The standard InChI is InChI=1S/C15H17NO/c1-11-5-3-7-14(12(11)2)15(17)9-13-6-4-8-16-10-13/h3-8,10,15,17H,9H2,1-2H3/t15-/m1/s1. The molecule has 0 bridgehead atoms. The largest absolute Gasteiger partial charge is 0.388 e. The third kappa shape index (κ3) is 2.71. The summed E-state index contributed by atoms with van der Waals surface area (Å²) in [5, 5.41) is 10.3. The summed E-state index contributed by atoms with van der Waals surface area (Å²) in [6.07, 6.45) is 3.69. The number of nitrogens with zero attached hydrogens (tertiary/aromatic N) is 1. The smallest absolute Gasteiger partial charge is 0.0833 e. The van der Waals surface area contributed by atoms with Gasteiger partial charge in [-0.25, -0.2) is 0 Å². The molecule has 2 rings (SSSR count). The molecule has 1 aromatic carbocycles. The van der Waals surface area contributed by atoms with Crippen LogP contribution in [-0.4, -0.2) is 10.1 Å². The summed E-state index contributed by atoms with van der Waals surface area (Å²) in [7, 11) is 0. The number of hydrogen-bond acceptors (Lipinski definition) is 2. The Morgan fingerprint density at radius 3 is 2.71 bits per heavy atom. The molecule has 0 fully saturated rings. The summed E-state index contributed by atoms with van der Waals surface area (Å²) in [6.45, 7) is 4.12. The molecule has 1 atom stereocenters. The maximum atomic E-state index is 10.3. The van der Waals surface area contributed by atoms with Crippen molar-refractivity contribution in [2.24, 2.45) is 0 Å². The molecule has 0 aliphatic rings. The lowest BCUT2D eigenvalue weighted by Crippen LogP contribution is -2.05. The number of aliphatic hydroxyl groups excluding tert-OH is 1. The molecular formula is C15H17NO. The van der Waals surface area contributed by atoms with Crippen LogP contribution in [0.25, 0.3) is 0 Å². The van der Waals surface area contributed by atoms with E-state index in [0.717, 1.165) is 11.1 Å². The lowest BCUT2D eigenvalue weighted by atomic mass is 9.96. The van der Waals surface area contributed by atoms with Crippen molar-refractivity contribution in [3.05, 3.63) is 65.0 Å². The third-order valence-electron chi connectivity index (χ3n) is 3.16. The maximum absolute atomic E-state index is 10.3. The molecule has 0 saturated carbocycles. The van der Waals surface area contributed by atoms with E-state index in [0.29, 0.717) is 6.42 Å². The molecule has 88 valence electrons. The van der Waals surface area contributed by atoms with Crippen LogP contribution in [0, 0.1) is 13.8 Å². The van der Waals surface area contributed by atoms with Crippen LogP contribution in [0.1, 0.15) is 28.4 Å². The van der Waals surface area contributed by atoms with E-state index in [9.17, 15) is 5.11 Å². The SMILES string of the molecule is Cc1cccc([C@H](O)Cc2cccnc2)c1C. The van der Waals surface area contributed by atoms with Gasteiger partial charge in [-0.3, -0.25) is 4.98 Å². The Hall–Kier alpha value is -1.67. The average molecular weight is 227 g/mol. The summed E-state index contributed by atoms with van der Waals surface area (Å²) in [5.41, 5.74) is 4.45. The highest BCUT2D eigenvalue weighted by Crippen LogP contribution is 2.23. The van der Waals surface area contributed by atoms with E-state index in [-0.39, 0.29) is 0 Å². The minimum atomic E-state index is -0.459. The predicted molar refractivity (Wildman–Crippen MR) is 68.8 cm³/mol. The number of hydrogen-bond donors (Lipinski definition) is 1. The first-order chi connectivity index (χ1) is 8.18. The molecule has 17 heavy (non-hydrogen) atoms. The number of aryl methyl sites for hydroxylation is 1. The quantitative estimate of drug-likeness (QED) is 0.874. The predicted octanol–water partition coefficient (Wildman–Crippen LogP) is 2.97. The lowest BCUT2D eigenvalue weighted by molar-refractivity contribution is 0.177. The van der Waals surface area contributed by atoms with Gasteiger partial charge in [0.2, 0.25) is 0 Å². The fourth-order valence-electron chi connectivity index (χ4n) is 1.99. The molecule has 0 aliphatic heterocycles. The second kappa shape index (κ2) is 5.11. The van der Waals surface area contributed by atoms with Gasteiger partial charge in [-0.1, -0.05) is 24.3 Å². The zero-order chi connectivity index (χ0) is 12.3. The highest BCUT2D eigenvalue weighted by atomic mass is 16.3. The molecule has 2 nitrogen and oxygen atoms in total. The van der Waals surface area contributed by atoms with Gasteiger partial charge >= 0.3 is 0 Å². The molecule has 0 radical (unpaired) electrons. The number of pyridine rings is 1. The van der Waals surface area contributed by atoms with Gasteiger partial charge in [0.05, 0.1) is 6.10 Å². The Bertz CT molecular complexity index is 494. The van der Waals surface area contributed by atoms with Gasteiger partial charge < -0.3 is 5.11 Å². The minimum Gasteiger partial charge on any atom is -0.388 e. The Labute approximate surface area is 102 Å². The molecule has 0 aliphatic carbocycles. The van der Waals surface area contributed by atoms with Crippen LogP contribution < -0.4 is 0 Å². The van der Waals surface area contributed by atoms with E-state index in [1.807, 2.05) is 24.3 Å². The van der Waals surface area contributed by atoms with Crippen molar-refractivity contribution >= 4 is 0 Å². The fourth-order valence-corrected chi connectivity index (χ4v) is 1.99. The number of benzene rings is 1. The first-order valence-electron chi connectivity index (χ1n) is 5.81. The Balaban J connectivity index is 2.20. The van der Waals surface area contributed by atoms with Gasteiger partial charge in [0.15, 0.2) is 0 Å². The fraction of sp³-hybridized carbons (Fsp3) is 0.267. The molecule has 2 heteroatoms. The summed E-state index contributed by atoms with van der Waals surface area (Å²) < 4.78 is 0. The van der Waals surface area contributed by atoms with Crippen molar-refractivity contribution in [3.8, 4) is 0 Å². The topological polar surface area (TPSA) is 33.1 Å². The molecule has 1 N–H and O–H groups in total. The number of aliphatic hydroxyl groups is 1. The van der Waals surface area contributed by atoms with Gasteiger partial charge in [-0.2, -0.15) is 0 Å². The molecule has 0 spiro atoms. The van der Waals surface area contributed by atoms with Crippen LogP contribution in [0.15, 0.2) is 42.7 Å². The summed E-state index contributed by atoms with van der Waals surface area (Å²) >= 11 is 0. The molecule has 1 aromatic heterocycles.